The number of imide groups is 1. The largest absolute Gasteiger partial charge is 0.496 e. The van der Waals surface area contributed by atoms with Crippen LogP contribution in [0, 0.1) is 0 Å². The van der Waals surface area contributed by atoms with Gasteiger partial charge in [-0.1, -0.05) is 12.8 Å². The molecule has 1 aromatic rings. The summed E-state index contributed by atoms with van der Waals surface area (Å²) in [6, 6.07) is 4.00. The van der Waals surface area contributed by atoms with E-state index in [4.69, 9.17) is 9.47 Å². The van der Waals surface area contributed by atoms with E-state index in [1.807, 2.05) is 0 Å². The number of nitrogens with zero attached hydrogens (tertiary/aromatic N) is 2. The number of hydrogen-bond acceptors (Lipinski definition) is 7. The zero-order chi connectivity index (χ0) is 21.7. The van der Waals surface area contributed by atoms with Crippen molar-refractivity contribution < 1.29 is 32.3 Å². The van der Waals surface area contributed by atoms with Crippen molar-refractivity contribution in [2.24, 2.45) is 0 Å². The van der Waals surface area contributed by atoms with Gasteiger partial charge in [-0.2, -0.15) is 4.31 Å². The molecule has 1 aromatic carbocycles. The fourth-order valence-corrected chi connectivity index (χ4v) is 5.18. The first-order valence-electron chi connectivity index (χ1n) is 10.0. The quantitative estimate of drug-likeness (QED) is 0.620. The molecule has 10 heteroatoms. The Morgan fingerprint density at radius 2 is 1.73 bits per heavy atom. The number of sulfonamides is 1. The second kappa shape index (κ2) is 9.57. The van der Waals surface area contributed by atoms with E-state index in [-0.39, 0.29) is 22.1 Å². The van der Waals surface area contributed by atoms with Crippen molar-refractivity contribution >= 4 is 27.8 Å². The number of methoxy groups -OCH3 is 1. The number of likely N-dealkylation sites (tertiary alicyclic amines) is 1. The van der Waals surface area contributed by atoms with Crippen LogP contribution in [0.1, 0.15) is 48.9 Å². The molecule has 0 aliphatic carbocycles. The van der Waals surface area contributed by atoms with E-state index in [1.165, 1.54) is 29.6 Å². The van der Waals surface area contributed by atoms with E-state index in [1.54, 1.807) is 0 Å². The molecule has 0 saturated carbocycles. The highest BCUT2D eigenvalue weighted by Gasteiger charge is 2.29. The molecule has 0 N–H and O–H groups in total. The van der Waals surface area contributed by atoms with Crippen LogP contribution in [-0.4, -0.2) is 68.8 Å². The van der Waals surface area contributed by atoms with Crippen LogP contribution in [0.15, 0.2) is 23.1 Å². The lowest BCUT2D eigenvalue weighted by atomic mass is 10.2. The normalized spacial score (nSPS) is 18.2. The van der Waals surface area contributed by atoms with E-state index in [0.717, 1.165) is 30.6 Å². The van der Waals surface area contributed by atoms with Crippen LogP contribution in [0.4, 0.5) is 0 Å². The molecule has 30 heavy (non-hydrogen) atoms. The van der Waals surface area contributed by atoms with Crippen molar-refractivity contribution in [2.45, 2.75) is 43.4 Å². The third-order valence-corrected chi connectivity index (χ3v) is 7.19. The van der Waals surface area contributed by atoms with Gasteiger partial charge >= 0.3 is 5.97 Å². The zero-order valence-electron chi connectivity index (χ0n) is 17.0. The van der Waals surface area contributed by atoms with Gasteiger partial charge in [-0.25, -0.2) is 13.2 Å². The van der Waals surface area contributed by atoms with Gasteiger partial charge in [-0.3, -0.25) is 14.5 Å². The van der Waals surface area contributed by atoms with Crippen molar-refractivity contribution in [1.82, 2.24) is 9.21 Å². The van der Waals surface area contributed by atoms with Crippen molar-refractivity contribution in [3.05, 3.63) is 23.8 Å². The van der Waals surface area contributed by atoms with Gasteiger partial charge in [0.25, 0.3) is 5.91 Å². The molecule has 0 spiro atoms. The van der Waals surface area contributed by atoms with Gasteiger partial charge in [0.1, 0.15) is 11.3 Å². The summed E-state index contributed by atoms with van der Waals surface area (Å²) in [5.41, 5.74) is -0.0889. The number of hydrogen-bond donors (Lipinski definition) is 0. The van der Waals surface area contributed by atoms with E-state index in [0.29, 0.717) is 32.5 Å². The molecule has 2 amide bonds. The summed E-state index contributed by atoms with van der Waals surface area (Å²) >= 11 is 0. The standard InChI is InChI=1S/C20H26N2O7S/c1-28-17-9-8-15(30(26,27)21-10-4-2-3-5-11-21)13-16(17)20(25)29-14-19(24)22-12-6-7-18(22)23/h8-9,13H,2-7,10-12,14H2,1H3. The molecule has 2 aliphatic rings. The minimum atomic E-state index is -3.77. The number of benzene rings is 1. The highest BCUT2D eigenvalue weighted by Crippen LogP contribution is 2.27. The Labute approximate surface area is 176 Å². The second-order valence-electron chi connectivity index (χ2n) is 7.30. The van der Waals surface area contributed by atoms with Crippen LogP contribution in [0.25, 0.3) is 0 Å². The van der Waals surface area contributed by atoms with Gasteiger partial charge in [0, 0.05) is 26.1 Å². The minimum Gasteiger partial charge on any atom is -0.496 e. The smallest absolute Gasteiger partial charge is 0.342 e. The molecule has 164 valence electrons. The zero-order valence-corrected chi connectivity index (χ0v) is 17.8. The third-order valence-electron chi connectivity index (χ3n) is 5.29. The Morgan fingerprint density at radius 1 is 1.03 bits per heavy atom. The van der Waals surface area contributed by atoms with E-state index in [9.17, 15) is 22.8 Å². The molecule has 0 bridgehead atoms. The molecule has 0 aromatic heterocycles. The van der Waals surface area contributed by atoms with E-state index < -0.39 is 28.5 Å². The molecule has 0 atom stereocenters. The fourth-order valence-electron chi connectivity index (χ4n) is 3.63. The molecular weight excluding hydrogens is 412 g/mol. The van der Waals surface area contributed by atoms with Gasteiger partial charge in [0.05, 0.1) is 12.0 Å². The van der Waals surface area contributed by atoms with Crippen LogP contribution in [0.5, 0.6) is 5.75 Å². The molecular formula is C20H26N2O7S. The number of rotatable bonds is 6. The number of ether oxygens (including phenoxy) is 2. The lowest BCUT2D eigenvalue weighted by molar-refractivity contribution is -0.143. The molecule has 0 radical (unpaired) electrons. The molecule has 0 unspecified atom stereocenters. The molecule has 2 saturated heterocycles. The van der Waals surface area contributed by atoms with Gasteiger partial charge in [0.2, 0.25) is 15.9 Å². The van der Waals surface area contributed by atoms with Crippen molar-refractivity contribution in [3.63, 3.8) is 0 Å². The van der Waals surface area contributed by atoms with Gasteiger partial charge < -0.3 is 9.47 Å². The lowest BCUT2D eigenvalue weighted by Crippen LogP contribution is -2.35. The highest BCUT2D eigenvalue weighted by molar-refractivity contribution is 7.89. The Balaban J connectivity index is 1.77. The molecule has 3 rings (SSSR count). The monoisotopic (exact) mass is 438 g/mol. The Kier molecular flexibility index (Phi) is 7.09. The average molecular weight is 439 g/mol. The molecule has 2 fully saturated rings. The average Bonchev–Trinajstić information content (AvgIpc) is 2.99. The number of carbonyl (C=O) groups excluding carboxylic acids is 3. The topological polar surface area (TPSA) is 110 Å². The SMILES string of the molecule is COc1ccc(S(=O)(=O)N2CCCCCC2)cc1C(=O)OCC(=O)N1CCCC1=O. The highest BCUT2D eigenvalue weighted by atomic mass is 32.2. The van der Waals surface area contributed by atoms with Crippen LogP contribution < -0.4 is 4.74 Å². The maximum atomic E-state index is 13.0. The predicted molar refractivity (Wildman–Crippen MR) is 106 cm³/mol. The third kappa shape index (κ3) is 4.81. The van der Waals surface area contributed by atoms with E-state index in [2.05, 4.69) is 0 Å². The Morgan fingerprint density at radius 3 is 2.33 bits per heavy atom. The minimum absolute atomic E-state index is 0.0294. The summed E-state index contributed by atoms with van der Waals surface area (Å²) in [4.78, 5) is 37.3. The van der Waals surface area contributed by atoms with Crippen molar-refractivity contribution in [2.75, 3.05) is 33.4 Å². The summed E-state index contributed by atoms with van der Waals surface area (Å²) in [5, 5.41) is 0. The number of esters is 1. The predicted octanol–water partition coefficient (Wildman–Crippen LogP) is 1.57. The summed E-state index contributed by atoms with van der Waals surface area (Å²) in [6.45, 7) is 0.581. The first-order valence-corrected chi connectivity index (χ1v) is 11.5. The Hall–Kier alpha value is -2.46. The van der Waals surface area contributed by atoms with Crippen molar-refractivity contribution in [3.8, 4) is 5.75 Å². The van der Waals surface area contributed by atoms with Gasteiger partial charge in [0.15, 0.2) is 6.61 Å². The maximum absolute atomic E-state index is 13.0. The van der Waals surface area contributed by atoms with Crippen LogP contribution in [0.2, 0.25) is 0 Å². The summed E-state index contributed by atoms with van der Waals surface area (Å²) < 4.78 is 37.7. The van der Waals surface area contributed by atoms with Gasteiger partial charge in [-0.15, -0.1) is 0 Å². The summed E-state index contributed by atoms with van der Waals surface area (Å²) in [6.07, 6.45) is 4.44. The van der Waals surface area contributed by atoms with Crippen molar-refractivity contribution in [1.29, 1.82) is 0 Å². The number of carbonyl (C=O) groups is 3. The second-order valence-corrected chi connectivity index (χ2v) is 9.24. The maximum Gasteiger partial charge on any atom is 0.342 e. The number of amides is 2. The van der Waals surface area contributed by atoms with Crippen LogP contribution >= 0.6 is 0 Å². The lowest BCUT2D eigenvalue weighted by Gasteiger charge is -2.20. The fraction of sp³-hybridized carbons (Fsp3) is 0.550. The van der Waals surface area contributed by atoms with Crippen LogP contribution in [0.3, 0.4) is 0 Å². The first-order chi connectivity index (χ1) is 14.3. The van der Waals surface area contributed by atoms with Crippen LogP contribution in [-0.2, 0) is 24.3 Å². The molecule has 2 heterocycles. The van der Waals surface area contributed by atoms with E-state index >= 15 is 0 Å². The first kappa shape index (κ1) is 22.2. The molecule has 2 aliphatic heterocycles. The Bertz CT molecular complexity index is 921. The molecule has 9 nitrogen and oxygen atoms in total. The summed E-state index contributed by atoms with van der Waals surface area (Å²) in [5.74, 6) is -1.64. The van der Waals surface area contributed by atoms with Gasteiger partial charge in [-0.05, 0) is 37.5 Å². The summed E-state index contributed by atoms with van der Waals surface area (Å²) in [7, 11) is -2.42.